The number of anilines is 1. The lowest BCUT2D eigenvalue weighted by molar-refractivity contribution is -0.113. The highest BCUT2D eigenvalue weighted by atomic mass is 32.2. The van der Waals surface area contributed by atoms with Crippen molar-refractivity contribution in [2.75, 3.05) is 12.4 Å². The molecule has 0 fully saturated rings. The van der Waals surface area contributed by atoms with Crippen molar-refractivity contribution in [1.82, 2.24) is 9.29 Å². The molecule has 0 saturated carbocycles. The lowest BCUT2D eigenvalue weighted by Crippen LogP contribution is -2.37. The molecule has 0 unspecified atom stereocenters. The summed E-state index contributed by atoms with van der Waals surface area (Å²) in [5.41, 5.74) is -0.324. The first-order chi connectivity index (χ1) is 17.6. The van der Waals surface area contributed by atoms with Gasteiger partial charge in [0, 0.05) is 24.2 Å². The summed E-state index contributed by atoms with van der Waals surface area (Å²) in [5, 5.41) is 32.6. The van der Waals surface area contributed by atoms with Gasteiger partial charge in [-0.2, -0.15) is 0 Å². The molecule has 188 valence electrons. The summed E-state index contributed by atoms with van der Waals surface area (Å²) in [6.45, 7) is 0. The third-order valence-corrected chi connectivity index (χ3v) is 7.39. The first-order valence-corrected chi connectivity index (χ1v) is 12.2. The number of rotatable bonds is 3. The minimum absolute atomic E-state index is 0.0469. The van der Waals surface area contributed by atoms with E-state index >= 15 is 0 Å². The van der Waals surface area contributed by atoms with Crippen molar-refractivity contribution in [3.63, 3.8) is 0 Å². The van der Waals surface area contributed by atoms with Crippen LogP contribution >= 0.6 is 0 Å². The Morgan fingerprint density at radius 1 is 0.892 bits per heavy atom. The summed E-state index contributed by atoms with van der Waals surface area (Å²) in [6, 6.07) is 21.1. The molecule has 10 nitrogen and oxygen atoms in total. The zero-order chi connectivity index (χ0) is 26.7. The Bertz CT molecular complexity index is 1650. The van der Waals surface area contributed by atoms with E-state index in [9.17, 15) is 28.2 Å². The molecule has 4 N–H and O–H groups in total. The fourth-order valence-electron chi connectivity index (χ4n) is 3.72. The molecule has 0 spiro atoms. The van der Waals surface area contributed by atoms with Gasteiger partial charge >= 0.3 is 5.97 Å². The quantitative estimate of drug-likeness (QED) is 0.318. The molecule has 2 heterocycles. The van der Waals surface area contributed by atoms with Crippen LogP contribution in [0.25, 0.3) is 16.5 Å². The maximum Gasteiger partial charge on any atom is 0.339 e. The number of hydrogen-bond donors (Lipinski definition) is 4. The highest BCUT2D eigenvalue weighted by Gasteiger charge is 2.37. The Labute approximate surface area is 211 Å². The van der Waals surface area contributed by atoms with Crippen LogP contribution in [-0.2, 0) is 14.8 Å². The summed E-state index contributed by atoms with van der Waals surface area (Å²) >= 11 is 0. The summed E-state index contributed by atoms with van der Waals surface area (Å²) in [4.78, 5) is 27.0. The average Bonchev–Trinajstić information content (AvgIpc) is 2.89. The van der Waals surface area contributed by atoms with Gasteiger partial charge in [0.2, 0.25) is 0 Å². The normalized spacial score (nSPS) is 13.8. The number of amides is 1. The third-order valence-electron chi connectivity index (χ3n) is 5.57. The van der Waals surface area contributed by atoms with E-state index in [2.05, 4.69) is 10.3 Å². The Hall–Kier alpha value is -4.90. The van der Waals surface area contributed by atoms with Gasteiger partial charge in [-0.15, -0.1) is 0 Å². The number of pyridine rings is 1. The highest BCUT2D eigenvalue weighted by molar-refractivity contribution is 7.89. The number of aromatic hydroxyl groups is 1. The van der Waals surface area contributed by atoms with Crippen molar-refractivity contribution >= 4 is 44.2 Å². The number of likely N-dealkylation sites (N-methyl/N-ethyl adjacent to an activating group) is 1. The van der Waals surface area contributed by atoms with Gasteiger partial charge in [0.1, 0.15) is 17.1 Å². The molecule has 1 aromatic heterocycles. The van der Waals surface area contributed by atoms with Gasteiger partial charge in [-0.25, -0.2) is 18.2 Å². The lowest BCUT2D eigenvalue weighted by Gasteiger charge is -2.28. The maximum absolute atomic E-state index is 12.5. The first kappa shape index (κ1) is 25.2. The molecule has 0 bridgehead atoms. The van der Waals surface area contributed by atoms with Gasteiger partial charge in [0.05, 0.1) is 4.90 Å². The maximum atomic E-state index is 12.5. The van der Waals surface area contributed by atoms with E-state index in [1.807, 2.05) is 12.1 Å². The highest BCUT2D eigenvalue weighted by Crippen LogP contribution is 2.34. The van der Waals surface area contributed by atoms with E-state index in [4.69, 9.17) is 5.11 Å². The molecular weight excluding hydrogens is 498 g/mol. The number of carbonyl (C=O) groups is 2. The van der Waals surface area contributed by atoms with Crippen LogP contribution in [-0.4, -0.2) is 52.0 Å². The number of nitrogens with zero attached hydrogens (tertiary/aromatic N) is 2. The van der Waals surface area contributed by atoms with E-state index in [0.29, 0.717) is 5.39 Å². The number of aromatic nitrogens is 1. The average molecular weight is 520 g/mol. The summed E-state index contributed by atoms with van der Waals surface area (Å²) < 4.78 is 25.8. The summed E-state index contributed by atoms with van der Waals surface area (Å²) in [7, 11) is -2.69. The van der Waals surface area contributed by atoms with Gasteiger partial charge < -0.3 is 20.6 Å². The molecule has 0 saturated heterocycles. The molecule has 1 aliphatic heterocycles. The van der Waals surface area contributed by atoms with Crippen molar-refractivity contribution in [3.05, 3.63) is 102 Å². The van der Waals surface area contributed by atoms with Crippen molar-refractivity contribution in [3.8, 4) is 5.75 Å². The number of aliphatic hydroxyl groups excluding tert-OH is 1. The Morgan fingerprint density at radius 3 is 2.27 bits per heavy atom. The largest absolute Gasteiger partial charge is 0.506 e. The van der Waals surface area contributed by atoms with E-state index in [0.717, 1.165) is 9.69 Å². The van der Waals surface area contributed by atoms with Crippen LogP contribution in [0.5, 0.6) is 5.75 Å². The molecule has 4 aromatic rings. The van der Waals surface area contributed by atoms with Crippen molar-refractivity contribution in [2.24, 2.45) is 0 Å². The van der Waals surface area contributed by atoms with Crippen LogP contribution in [0.2, 0.25) is 0 Å². The van der Waals surface area contributed by atoms with Crippen molar-refractivity contribution in [2.45, 2.75) is 4.90 Å². The molecule has 5 rings (SSSR count). The molecule has 0 atom stereocenters. The minimum Gasteiger partial charge on any atom is -0.506 e. The fraction of sp³-hybridized carbons (Fsp3) is 0.0385. The van der Waals surface area contributed by atoms with E-state index in [-0.39, 0.29) is 33.3 Å². The van der Waals surface area contributed by atoms with Crippen LogP contribution in [0.1, 0.15) is 15.9 Å². The second kappa shape index (κ2) is 9.99. The number of carboxylic acids is 1. The predicted octanol–water partition coefficient (Wildman–Crippen LogP) is 3.82. The summed E-state index contributed by atoms with van der Waals surface area (Å²) in [6.07, 6.45) is 1.49. The van der Waals surface area contributed by atoms with Crippen LogP contribution in [0.3, 0.4) is 0 Å². The molecular formula is C26H21N3O7S. The summed E-state index contributed by atoms with van der Waals surface area (Å²) in [5.74, 6) is -2.19. The second-order valence-electron chi connectivity index (χ2n) is 7.82. The number of fused-ring (bicyclic) bond motifs is 2. The number of benzene rings is 3. The third kappa shape index (κ3) is 4.80. The smallest absolute Gasteiger partial charge is 0.339 e. The van der Waals surface area contributed by atoms with Gasteiger partial charge in [0.15, 0.2) is 11.5 Å². The number of sulfonamides is 1. The molecule has 1 aliphatic rings. The van der Waals surface area contributed by atoms with Gasteiger partial charge in [0.25, 0.3) is 15.9 Å². The van der Waals surface area contributed by atoms with E-state index in [1.54, 1.807) is 48.5 Å². The van der Waals surface area contributed by atoms with E-state index < -0.39 is 27.7 Å². The number of aromatic carboxylic acids is 1. The minimum atomic E-state index is -3.91. The number of hydrogen-bond acceptors (Lipinski definition) is 7. The zero-order valence-electron chi connectivity index (χ0n) is 19.4. The number of aliphatic hydroxyl groups is 1. The standard InChI is InChI=1S/C15H13N3O4S.C11H8O3/c1-18-13(15(20)17-12-8-4-5-9-16-12)14(19)10-6-2-3-7-11(10)23(18,21)22;12-10-8-4-2-1-3-7(8)5-6-9(10)11(13)14/h2-9,19H,1H3,(H,16,17,20);1-6,12H,(H,13,14). The van der Waals surface area contributed by atoms with Crippen molar-refractivity contribution in [1.29, 1.82) is 0 Å². The van der Waals surface area contributed by atoms with Crippen LogP contribution in [0, 0.1) is 0 Å². The zero-order valence-corrected chi connectivity index (χ0v) is 20.2. The number of phenols is 1. The Morgan fingerprint density at radius 2 is 1.57 bits per heavy atom. The Kier molecular flexibility index (Phi) is 6.81. The first-order valence-electron chi connectivity index (χ1n) is 10.8. The van der Waals surface area contributed by atoms with Crippen molar-refractivity contribution < 1.29 is 33.3 Å². The topological polar surface area (TPSA) is 157 Å². The molecule has 0 aliphatic carbocycles. The lowest BCUT2D eigenvalue weighted by atomic mass is 10.1. The van der Waals surface area contributed by atoms with E-state index in [1.165, 1.54) is 31.4 Å². The SMILES string of the molecule is CN1C(C(=O)Nc2ccccn2)=C(O)c2ccccc2S1(=O)=O.O=C(O)c1ccc2ccccc2c1O. The number of carboxylic acid groups (broad SMARTS) is 1. The number of carbonyl (C=O) groups excluding carboxylic acids is 1. The van der Waals surface area contributed by atoms with Crippen LogP contribution in [0.15, 0.2) is 95.7 Å². The van der Waals surface area contributed by atoms with Gasteiger partial charge in [-0.3, -0.25) is 9.10 Å². The predicted molar refractivity (Wildman–Crippen MR) is 136 cm³/mol. The second-order valence-corrected chi connectivity index (χ2v) is 9.76. The molecule has 0 radical (unpaired) electrons. The molecule has 11 heteroatoms. The molecule has 1 amide bonds. The Balaban J connectivity index is 0.000000195. The van der Waals surface area contributed by atoms with Crippen LogP contribution < -0.4 is 5.32 Å². The molecule has 37 heavy (non-hydrogen) atoms. The van der Waals surface area contributed by atoms with Gasteiger partial charge in [-0.05, 0) is 35.7 Å². The van der Waals surface area contributed by atoms with Crippen LogP contribution in [0.4, 0.5) is 5.82 Å². The fourth-order valence-corrected chi connectivity index (χ4v) is 5.12. The number of nitrogens with one attached hydrogen (secondary N) is 1. The van der Waals surface area contributed by atoms with Gasteiger partial charge in [-0.1, -0.05) is 48.5 Å². The monoisotopic (exact) mass is 519 g/mol. The molecule has 3 aromatic carbocycles.